The Morgan fingerprint density at radius 3 is 2.43 bits per heavy atom. The first-order valence-electron chi connectivity index (χ1n) is 6.99. The first-order valence-corrected chi connectivity index (χ1v) is 7.74. The SMILES string of the molecule is CC(C)(C)OC(=O)NCCNC(=O)COc1cc(Cl)ccc1Cl. The Morgan fingerprint density at radius 1 is 1.13 bits per heavy atom. The summed E-state index contributed by atoms with van der Waals surface area (Å²) in [4.78, 5) is 23.0. The van der Waals surface area contributed by atoms with E-state index in [1.54, 1.807) is 32.9 Å². The molecule has 0 atom stereocenters. The molecule has 0 bridgehead atoms. The lowest BCUT2D eigenvalue weighted by Crippen LogP contribution is -2.39. The Bertz CT molecular complexity index is 559. The molecule has 6 nitrogen and oxygen atoms in total. The maximum absolute atomic E-state index is 11.6. The summed E-state index contributed by atoms with van der Waals surface area (Å²) in [6, 6.07) is 4.74. The van der Waals surface area contributed by atoms with Crippen molar-refractivity contribution >= 4 is 35.2 Å². The molecule has 0 radical (unpaired) electrons. The van der Waals surface area contributed by atoms with Crippen LogP contribution in [0.3, 0.4) is 0 Å². The molecule has 0 aliphatic carbocycles. The lowest BCUT2D eigenvalue weighted by atomic mass is 10.2. The minimum atomic E-state index is -0.558. The molecule has 0 aliphatic heterocycles. The van der Waals surface area contributed by atoms with E-state index >= 15 is 0 Å². The van der Waals surface area contributed by atoms with E-state index in [4.69, 9.17) is 32.7 Å². The molecule has 0 fully saturated rings. The fourth-order valence-electron chi connectivity index (χ4n) is 1.46. The van der Waals surface area contributed by atoms with E-state index < -0.39 is 11.7 Å². The van der Waals surface area contributed by atoms with E-state index in [2.05, 4.69) is 10.6 Å². The van der Waals surface area contributed by atoms with Gasteiger partial charge in [0.05, 0.1) is 5.02 Å². The first kappa shape index (κ1) is 19.4. The maximum Gasteiger partial charge on any atom is 0.407 e. The number of carbonyl (C=O) groups excluding carboxylic acids is 2. The van der Waals surface area contributed by atoms with Crippen LogP contribution in [-0.2, 0) is 9.53 Å². The topological polar surface area (TPSA) is 76.7 Å². The summed E-state index contributed by atoms with van der Waals surface area (Å²) in [7, 11) is 0. The predicted molar refractivity (Wildman–Crippen MR) is 89.2 cm³/mol. The Labute approximate surface area is 145 Å². The summed E-state index contributed by atoms with van der Waals surface area (Å²) in [6.45, 7) is 5.61. The average Bonchev–Trinajstić information content (AvgIpc) is 2.42. The number of nitrogens with one attached hydrogen (secondary N) is 2. The Balaban J connectivity index is 2.22. The van der Waals surface area contributed by atoms with E-state index in [0.29, 0.717) is 15.8 Å². The van der Waals surface area contributed by atoms with Crippen molar-refractivity contribution in [1.82, 2.24) is 10.6 Å². The van der Waals surface area contributed by atoms with Crippen LogP contribution in [0.2, 0.25) is 10.0 Å². The molecule has 0 aromatic heterocycles. The quantitative estimate of drug-likeness (QED) is 0.762. The van der Waals surface area contributed by atoms with Gasteiger partial charge in [0, 0.05) is 24.2 Å². The molecule has 23 heavy (non-hydrogen) atoms. The van der Waals surface area contributed by atoms with E-state index in [-0.39, 0.29) is 25.6 Å². The van der Waals surface area contributed by atoms with E-state index in [1.165, 1.54) is 6.07 Å². The second-order valence-electron chi connectivity index (χ2n) is 5.64. The Kier molecular flexibility index (Phi) is 7.45. The van der Waals surface area contributed by atoms with Gasteiger partial charge in [-0.15, -0.1) is 0 Å². The van der Waals surface area contributed by atoms with Gasteiger partial charge in [0.15, 0.2) is 6.61 Å². The van der Waals surface area contributed by atoms with Crippen LogP contribution < -0.4 is 15.4 Å². The molecule has 128 valence electrons. The largest absolute Gasteiger partial charge is 0.482 e. The van der Waals surface area contributed by atoms with Gasteiger partial charge in [-0.25, -0.2) is 4.79 Å². The van der Waals surface area contributed by atoms with Crippen molar-refractivity contribution in [2.45, 2.75) is 26.4 Å². The van der Waals surface area contributed by atoms with Gasteiger partial charge in [-0.2, -0.15) is 0 Å². The molecule has 1 aromatic carbocycles. The summed E-state index contributed by atoms with van der Waals surface area (Å²) in [5.41, 5.74) is -0.558. The third-order valence-electron chi connectivity index (χ3n) is 2.37. The molecule has 2 amide bonds. The zero-order valence-electron chi connectivity index (χ0n) is 13.2. The van der Waals surface area contributed by atoms with Gasteiger partial charge >= 0.3 is 6.09 Å². The Morgan fingerprint density at radius 2 is 1.78 bits per heavy atom. The van der Waals surface area contributed by atoms with Crippen molar-refractivity contribution in [2.24, 2.45) is 0 Å². The Hall–Kier alpha value is -1.66. The van der Waals surface area contributed by atoms with Crippen molar-refractivity contribution < 1.29 is 19.1 Å². The summed E-state index contributed by atoms with van der Waals surface area (Å²) in [6.07, 6.45) is -0.534. The third kappa shape index (κ3) is 8.52. The van der Waals surface area contributed by atoms with Crippen LogP contribution >= 0.6 is 23.2 Å². The van der Waals surface area contributed by atoms with Gasteiger partial charge < -0.3 is 20.1 Å². The third-order valence-corrected chi connectivity index (χ3v) is 2.91. The lowest BCUT2D eigenvalue weighted by molar-refractivity contribution is -0.123. The number of hydrogen-bond acceptors (Lipinski definition) is 4. The highest BCUT2D eigenvalue weighted by atomic mass is 35.5. The summed E-state index contributed by atoms with van der Waals surface area (Å²) < 4.78 is 10.3. The van der Waals surface area contributed by atoms with Crippen LogP contribution in [0.15, 0.2) is 18.2 Å². The molecule has 2 N–H and O–H groups in total. The van der Waals surface area contributed by atoms with Gasteiger partial charge in [-0.3, -0.25) is 4.79 Å². The molecule has 0 heterocycles. The minimum Gasteiger partial charge on any atom is -0.482 e. The standard InChI is InChI=1S/C15H20Cl2N2O4/c1-15(2,3)23-14(21)19-7-6-18-13(20)9-22-12-8-10(16)4-5-11(12)17/h4-5,8H,6-7,9H2,1-3H3,(H,18,20)(H,19,21). The van der Waals surface area contributed by atoms with Crippen molar-refractivity contribution in [3.8, 4) is 5.75 Å². The highest BCUT2D eigenvalue weighted by Crippen LogP contribution is 2.27. The number of rotatable bonds is 6. The number of carbonyl (C=O) groups is 2. The summed E-state index contributed by atoms with van der Waals surface area (Å²) >= 11 is 11.7. The molecular weight excluding hydrogens is 343 g/mol. The van der Waals surface area contributed by atoms with Gasteiger partial charge in [-0.1, -0.05) is 23.2 Å². The molecule has 8 heteroatoms. The molecule has 0 saturated heterocycles. The fraction of sp³-hybridized carbons (Fsp3) is 0.467. The van der Waals surface area contributed by atoms with E-state index in [1.807, 2.05) is 0 Å². The van der Waals surface area contributed by atoms with Crippen LogP contribution in [0.1, 0.15) is 20.8 Å². The van der Waals surface area contributed by atoms with Crippen LogP contribution in [0, 0.1) is 0 Å². The van der Waals surface area contributed by atoms with E-state index in [9.17, 15) is 9.59 Å². The fourth-order valence-corrected chi connectivity index (χ4v) is 1.80. The first-order chi connectivity index (χ1) is 10.7. The smallest absolute Gasteiger partial charge is 0.407 e. The molecule has 0 aliphatic rings. The maximum atomic E-state index is 11.6. The van der Waals surface area contributed by atoms with Crippen molar-refractivity contribution in [2.75, 3.05) is 19.7 Å². The van der Waals surface area contributed by atoms with Crippen molar-refractivity contribution in [3.63, 3.8) is 0 Å². The average molecular weight is 363 g/mol. The van der Waals surface area contributed by atoms with Gasteiger partial charge in [-0.05, 0) is 32.9 Å². The zero-order chi connectivity index (χ0) is 17.5. The molecular formula is C15H20Cl2N2O4. The minimum absolute atomic E-state index is 0.202. The highest BCUT2D eigenvalue weighted by Gasteiger charge is 2.15. The lowest BCUT2D eigenvalue weighted by Gasteiger charge is -2.19. The molecule has 1 rings (SSSR count). The van der Waals surface area contributed by atoms with Crippen LogP contribution in [0.25, 0.3) is 0 Å². The molecule has 1 aromatic rings. The number of ether oxygens (including phenoxy) is 2. The number of alkyl carbamates (subject to hydrolysis) is 1. The van der Waals surface area contributed by atoms with Crippen molar-refractivity contribution in [3.05, 3.63) is 28.2 Å². The second-order valence-corrected chi connectivity index (χ2v) is 6.49. The normalized spacial score (nSPS) is 10.8. The number of benzene rings is 1. The second kappa shape index (κ2) is 8.84. The van der Waals surface area contributed by atoms with Crippen LogP contribution in [0.4, 0.5) is 4.79 Å². The summed E-state index contributed by atoms with van der Waals surface area (Å²) in [5, 5.41) is 5.96. The van der Waals surface area contributed by atoms with Crippen LogP contribution in [0.5, 0.6) is 5.75 Å². The van der Waals surface area contributed by atoms with Gasteiger partial charge in [0.25, 0.3) is 5.91 Å². The monoisotopic (exact) mass is 362 g/mol. The molecule has 0 unspecified atom stereocenters. The van der Waals surface area contributed by atoms with Gasteiger partial charge in [0.2, 0.25) is 0 Å². The predicted octanol–water partition coefficient (Wildman–Crippen LogP) is 3.01. The molecule has 0 saturated carbocycles. The van der Waals surface area contributed by atoms with Crippen molar-refractivity contribution in [1.29, 1.82) is 0 Å². The molecule has 0 spiro atoms. The van der Waals surface area contributed by atoms with E-state index in [0.717, 1.165) is 0 Å². The van der Waals surface area contributed by atoms with Gasteiger partial charge in [0.1, 0.15) is 11.4 Å². The zero-order valence-corrected chi connectivity index (χ0v) is 14.8. The summed E-state index contributed by atoms with van der Waals surface area (Å²) in [5.74, 6) is -0.00627. The number of amides is 2. The van der Waals surface area contributed by atoms with Crippen LogP contribution in [-0.4, -0.2) is 37.3 Å². The highest BCUT2D eigenvalue weighted by molar-refractivity contribution is 6.34. The number of halogens is 2. The number of hydrogen-bond donors (Lipinski definition) is 2.